The van der Waals surface area contributed by atoms with Crippen molar-refractivity contribution >= 4 is 94.0 Å². The highest BCUT2D eigenvalue weighted by Gasteiger charge is 2.54. The molecule has 0 unspecified atom stereocenters. The first-order chi connectivity index (χ1) is 18.5. The van der Waals surface area contributed by atoms with Crippen molar-refractivity contribution in [3.63, 3.8) is 0 Å². The number of thioether (sulfide) groups is 4. The first-order valence-electron chi connectivity index (χ1n) is 11.1. The fourth-order valence-electron chi connectivity index (χ4n) is 3.71. The number of nitrogens with two attached hydrogens (primary N) is 1. The summed E-state index contributed by atoms with van der Waals surface area (Å²) >= 11 is 17.5. The number of carboxylic acid groups (broad SMARTS) is 2. The van der Waals surface area contributed by atoms with E-state index >= 15 is 0 Å². The number of β-lactam (4-membered cyclic amide) rings is 1. The van der Waals surface area contributed by atoms with Crippen LogP contribution in [0.2, 0.25) is 10.0 Å². The number of pyridine rings is 1. The Hall–Kier alpha value is -2.23. The van der Waals surface area contributed by atoms with Crippen molar-refractivity contribution < 1.29 is 34.1 Å². The van der Waals surface area contributed by atoms with Gasteiger partial charge in [-0.2, -0.15) is 0 Å². The summed E-state index contributed by atoms with van der Waals surface area (Å²) in [5, 5.41) is 21.5. The number of aliphatic carboxylic acids is 2. The number of hydrogen-bond acceptors (Lipinski definition) is 9. The summed E-state index contributed by atoms with van der Waals surface area (Å²) in [6.07, 6.45) is 3.37. The van der Waals surface area contributed by atoms with E-state index in [1.807, 2.05) is 12.1 Å². The van der Waals surface area contributed by atoms with E-state index in [4.69, 9.17) is 34.2 Å². The molecule has 2 aromatic rings. The van der Waals surface area contributed by atoms with E-state index < -0.39 is 35.2 Å². The zero-order valence-corrected chi connectivity index (χ0v) is 24.6. The molecule has 2 aliphatic heterocycles. The summed E-state index contributed by atoms with van der Waals surface area (Å²) in [6, 6.07) is 5.90. The van der Waals surface area contributed by atoms with Gasteiger partial charge in [0.2, 0.25) is 5.91 Å². The summed E-state index contributed by atoms with van der Waals surface area (Å²) in [5.41, 5.74) is 0.589. The third-order valence-electron chi connectivity index (χ3n) is 5.50. The van der Waals surface area contributed by atoms with Crippen molar-refractivity contribution in [1.29, 1.82) is 0 Å². The smallest absolute Gasteiger partial charge is 0.352 e. The Bertz CT molecular complexity index is 1360. The van der Waals surface area contributed by atoms with Crippen LogP contribution in [0.25, 0.3) is 0 Å². The molecular weight excluding hydrogens is 627 g/mol. The van der Waals surface area contributed by atoms with Gasteiger partial charge in [-0.15, -0.1) is 47.0 Å². The van der Waals surface area contributed by atoms with Crippen LogP contribution in [-0.4, -0.2) is 73.3 Å². The maximum absolute atomic E-state index is 12.9. The van der Waals surface area contributed by atoms with Crippen LogP contribution < -0.4 is 15.8 Å². The van der Waals surface area contributed by atoms with Crippen LogP contribution in [0.3, 0.4) is 0 Å². The minimum atomic E-state index is -1.19. The number of benzene rings is 1. The average molecular weight is 649 g/mol. The summed E-state index contributed by atoms with van der Waals surface area (Å²) in [5.74, 6) is 3.14. The number of nitrogen functional groups attached to an aromatic ring is 1. The second-order valence-corrected chi connectivity index (χ2v) is 13.2. The SMILES string of the molecule is N[n+]1ccc(SCC2=C(C(=O)O)N3C(=O)[C@H](NC(=O)CSc4cc(Cl)c(SCC(=O)O)cc4Cl)[C@H]3SC2)cc1. The first-order valence-corrected chi connectivity index (χ1v) is 15.9. The molecule has 0 bridgehead atoms. The lowest BCUT2D eigenvalue weighted by Crippen LogP contribution is -2.70. The van der Waals surface area contributed by atoms with Gasteiger partial charge >= 0.3 is 11.9 Å². The topological polar surface area (TPSA) is 154 Å². The lowest BCUT2D eigenvalue weighted by molar-refractivity contribution is -0.639. The van der Waals surface area contributed by atoms with Crippen LogP contribution >= 0.6 is 70.2 Å². The highest BCUT2D eigenvalue weighted by atomic mass is 35.5. The Morgan fingerprint density at radius 3 is 2.28 bits per heavy atom. The summed E-state index contributed by atoms with van der Waals surface area (Å²) in [6.45, 7) is 0. The molecule has 39 heavy (non-hydrogen) atoms. The third kappa shape index (κ3) is 7.11. The van der Waals surface area contributed by atoms with Crippen molar-refractivity contribution in [2.45, 2.75) is 26.1 Å². The molecule has 2 atom stereocenters. The maximum atomic E-state index is 12.9. The number of halogens is 2. The van der Waals surface area contributed by atoms with Gasteiger partial charge in [-0.25, -0.2) is 10.6 Å². The number of hydrogen-bond donors (Lipinski definition) is 4. The van der Waals surface area contributed by atoms with Gasteiger partial charge in [0.15, 0.2) is 12.4 Å². The third-order valence-corrected chi connectivity index (χ3v) is 10.9. The molecule has 1 saturated heterocycles. The molecule has 2 amide bonds. The van der Waals surface area contributed by atoms with Crippen LogP contribution in [0, 0.1) is 0 Å². The van der Waals surface area contributed by atoms with Crippen LogP contribution in [-0.2, 0) is 19.2 Å². The molecule has 1 aromatic heterocycles. The lowest BCUT2D eigenvalue weighted by atomic mass is 10.0. The molecule has 0 aliphatic carbocycles. The number of amides is 2. The predicted molar refractivity (Wildman–Crippen MR) is 153 cm³/mol. The monoisotopic (exact) mass is 647 g/mol. The van der Waals surface area contributed by atoms with Crippen LogP contribution in [0.15, 0.2) is 62.6 Å². The molecule has 0 saturated carbocycles. The molecule has 10 nitrogen and oxygen atoms in total. The minimum Gasteiger partial charge on any atom is -0.481 e. The van der Waals surface area contributed by atoms with E-state index in [9.17, 15) is 24.3 Å². The molecule has 206 valence electrons. The van der Waals surface area contributed by atoms with Crippen molar-refractivity contribution in [3.05, 3.63) is 58.0 Å². The van der Waals surface area contributed by atoms with E-state index in [1.165, 1.54) is 33.1 Å². The van der Waals surface area contributed by atoms with Crippen LogP contribution in [0.1, 0.15) is 0 Å². The van der Waals surface area contributed by atoms with E-state index in [0.717, 1.165) is 28.4 Å². The minimum absolute atomic E-state index is 0.0387. The number of nitrogens with one attached hydrogen (secondary N) is 1. The van der Waals surface area contributed by atoms with Gasteiger partial charge in [0.05, 0.1) is 21.6 Å². The zero-order chi connectivity index (χ0) is 28.3. The Morgan fingerprint density at radius 2 is 1.69 bits per heavy atom. The summed E-state index contributed by atoms with van der Waals surface area (Å²) in [4.78, 5) is 51.6. The van der Waals surface area contributed by atoms with Gasteiger partial charge in [0, 0.05) is 38.3 Å². The molecule has 5 N–H and O–H groups in total. The molecule has 4 rings (SSSR count). The molecule has 2 aliphatic rings. The molecule has 16 heteroatoms. The van der Waals surface area contributed by atoms with Crippen molar-refractivity contribution in [1.82, 2.24) is 10.2 Å². The normalized spacial score (nSPS) is 18.4. The largest absolute Gasteiger partial charge is 0.481 e. The van der Waals surface area contributed by atoms with Gasteiger partial charge in [0.25, 0.3) is 5.91 Å². The van der Waals surface area contributed by atoms with E-state index in [2.05, 4.69) is 5.32 Å². The Labute approximate surface area is 250 Å². The number of rotatable bonds is 11. The number of carboxylic acids is 2. The van der Waals surface area contributed by atoms with E-state index in [0.29, 0.717) is 36.9 Å². The quantitative estimate of drug-likeness (QED) is 0.123. The Balaban J connectivity index is 1.35. The Kier molecular flexibility index (Phi) is 9.88. The lowest BCUT2D eigenvalue weighted by Gasteiger charge is -2.49. The average Bonchev–Trinajstić information content (AvgIpc) is 2.90. The van der Waals surface area contributed by atoms with Crippen molar-refractivity contribution in [3.8, 4) is 0 Å². The number of nitrogens with zero attached hydrogens (tertiary/aromatic N) is 2. The number of carbonyl (C=O) groups is 4. The molecule has 1 aromatic carbocycles. The van der Waals surface area contributed by atoms with Crippen molar-refractivity contribution in [2.75, 3.05) is 28.9 Å². The van der Waals surface area contributed by atoms with Crippen LogP contribution in [0.4, 0.5) is 0 Å². The van der Waals surface area contributed by atoms with E-state index in [1.54, 1.807) is 24.5 Å². The number of fused-ring (bicyclic) bond motifs is 1. The Morgan fingerprint density at radius 1 is 1.08 bits per heavy atom. The molecule has 1 fully saturated rings. The van der Waals surface area contributed by atoms with E-state index in [-0.39, 0.29) is 17.2 Å². The van der Waals surface area contributed by atoms with Gasteiger partial charge in [-0.1, -0.05) is 27.9 Å². The summed E-state index contributed by atoms with van der Waals surface area (Å²) in [7, 11) is 0. The highest BCUT2D eigenvalue weighted by molar-refractivity contribution is 8.01. The zero-order valence-electron chi connectivity index (χ0n) is 19.8. The fourth-order valence-corrected chi connectivity index (χ4v) is 8.31. The fraction of sp³-hybridized carbons (Fsp3) is 0.261. The molecule has 3 heterocycles. The highest BCUT2D eigenvalue weighted by Crippen LogP contribution is 2.42. The van der Waals surface area contributed by atoms with Crippen molar-refractivity contribution in [2.24, 2.45) is 0 Å². The van der Waals surface area contributed by atoms with Gasteiger partial charge < -0.3 is 15.5 Å². The number of aromatic nitrogens is 1. The van der Waals surface area contributed by atoms with Gasteiger partial charge in [0.1, 0.15) is 17.1 Å². The van der Waals surface area contributed by atoms with Crippen LogP contribution in [0.5, 0.6) is 0 Å². The van der Waals surface area contributed by atoms with Gasteiger partial charge in [-0.05, 0) is 17.7 Å². The second-order valence-electron chi connectivity index (χ2n) is 8.17. The summed E-state index contributed by atoms with van der Waals surface area (Å²) < 4.78 is 1.41. The number of carbonyl (C=O) groups excluding carboxylic acids is 2. The molecule has 0 spiro atoms. The second kappa shape index (κ2) is 13.0. The molecular formula is C23H21Cl2N4O6S4+. The van der Waals surface area contributed by atoms with Gasteiger partial charge in [-0.3, -0.25) is 19.3 Å². The standard InChI is InChI=1S/C23H20Cl2N4O6S4/c24-13-6-16(38-10-18(31)32)14(25)5-15(13)37-9-17(30)27-19-21(33)29-20(23(34)35)11(8-39-22(19)29)7-36-12-1-3-28(26)4-2-12/h1-6,19,22H,7-10,26H2,(H2-,27,30,31,32,34,35)/p+1/t19-,22+/m0/s1. The maximum Gasteiger partial charge on any atom is 0.352 e. The predicted octanol–water partition coefficient (Wildman–Crippen LogP) is 2.79. The first kappa shape index (κ1) is 29.7. The molecule has 0 radical (unpaired) electrons.